The Hall–Kier alpha value is -2.57. The van der Waals surface area contributed by atoms with Gasteiger partial charge in [0.1, 0.15) is 12.6 Å². The second-order valence-electron chi connectivity index (χ2n) is 11.3. The molecule has 2 rings (SSSR count). The number of hydrogen-bond donors (Lipinski definition) is 2. The Labute approximate surface area is 198 Å². The Kier molecular flexibility index (Phi) is 8.55. The van der Waals surface area contributed by atoms with Crippen LogP contribution in [-0.2, 0) is 19.7 Å². The monoisotopic (exact) mass is 459 g/mol. The molecule has 1 aliphatic carbocycles. The van der Waals surface area contributed by atoms with E-state index in [-0.39, 0.29) is 17.9 Å². The van der Waals surface area contributed by atoms with Crippen LogP contribution in [0.5, 0.6) is 0 Å². The molecule has 7 nitrogen and oxygen atoms in total. The molecule has 7 heteroatoms. The summed E-state index contributed by atoms with van der Waals surface area (Å²) in [5.74, 6) is -0.754. The molecule has 0 saturated heterocycles. The van der Waals surface area contributed by atoms with Crippen molar-refractivity contribution in [3.8, 4) is 0 Å². The van der Waals surface area contributed by atoms with Crippen LogP contribution >= 0.6 is 0 Å². The van der Waals surface area contributed by atoms with Gasteiger partial charge in [-0.2, -0.15) is 0 Å². The van der Waals surface area contributed by atoms with E-state index in [2.05, 4.69) is 22.8 Å². The van der Waals surface area contributed by atoms with Crippen molar-refractivity contribution in [3.05, 3.63) is 35.9 Å². The number of nitrogens with one attached hydrogen (secondary N) is 2. The van der Waals surface area contributed by atoms with Gasteiger partial charge in [-0.3, -0.25) is 9.59 Å². The first-order chi connectivity index (χ1) is 15.3. The number of benzene rings is 1. The molecule has 1 aromatic carbocycles. The molecule has 0 spiro atoms. The number of carbonyl (C=O) groups excluding carboxylic acids is 3. The van der Waals surface area contributed by atoms with E-state index in [0.29, 0.717) is 6.54 Å². The van der Waals surface area contributed by atoms with E-state index in [0.717, 1.165) is 25.7 Å². The Balaban J connectivity index is 2.38. The molecular weight excluding hydrogens is 418 g/mol. The zero-order chi connectivity index (χ0) is 24.9. The van der Waals surface area contributed by atoms with E-state index in [4.69, 9.17) is 4.74 Å². The van der Waals surface area contributed by atoms with Crippen LogP contribution in [0.1, 0.15) is 72.8 Å². The molecule has 1 atom stereocenters. The zero-order valence-electron chi connectivity index (χ0n) is 21.3. The maximum absolute atomic E-state index is 13.9. The largest absolute Gasteiger partial charge is 0.468 e. The number of urea groups is 1. The summed E-state index contributed by atoms with van der Waals surface area (Å²) in [5, 5.41) is 5.73. The predicted molar refractivity (Wildman–Crippen MR) is 130 cm³/mol. The summed E-state index contributed by atoms with van der Waals surface area (Å²) in [4.78, 5) is 40.4. The van der Waals surface area contributed by atoms with Gasteiger partial charge in [-0.05, 0) is 44.6 Å². The summed E-state index contributed by atoms with van der Waals surface area (Å²) in [6.45, 7) is 11.6. The number of nitrogens with zero attached hydrogens (tertiary/aromatic N) is 1. The third-order valence-corrected chi connectivity index (χ3v) is 6.18. The highest BCUT2D eigenvalue weighted by atomic mass is 16.5. The molecule has 0 unspecified atom stereocenters. The van der Waals surface area contributed by atoms with Crippen molar-refractivity contribution in [1.29, 1.82) is 0 Å². The third kappa shape index (κ3) is 7.47. The molecule has 1 aromatic rings. The van der Waals surface area contributed by atoms with Crippen molar-refractivity contribution in [1.82, 2.24) is 15.5 Å². The molecule has 0 bridgehead atoms. The number of carbonyl (C=O) groups is 3. The van der Waals surface area contributed by atoms with Crippen molar-refractivity contribution < 1.29 is 19.1 Å². The Morgan fingerprint density at radius 3 is 2.09 bits per heavy atom. The van der Waals surface area contributed by atoms with Gasteiger partial charge >= 0.3 is 12.0 Å². The van der Waals surface area contributed by atoms with Gasteiger partial charge in [-0.15, -0.1) is 0 Å². The van der Waals surface area contributed by atoms with Crippen molar-refractivity contribution in [2.45, 2.75) is 84.2 Å². The van der Waals surface area contributed by atoms with Gasteiger partial charge in [0.25, 0.3) is 0 Å². The lowest BCUT2D eigenvalue weighted by Crippen LogP contribution is -2.60. The molecule has 0 aliphatic heterocycles. The van der Waals surface area contributed by atoms with Crippen LogP contribution in [0.3, 0.4) is 0 Å². The van der Waals surface area contributed by atoms with Crippen molar-refractivity contribution in [2.24, 2.45) is 5.41 Å². The van der Waals surface area contributed by atoms with Gasteiger partial charge in [0.15, 0.2) is 0 Å². The van der Waals surface area contributed by atoms with Crippen LogP contribution in [0, 0.1) is 5.41 Å². The van der Waals surface area contributed by atoms with E-state index in [1.54, 1.807) is 4.90 Å². The fraction of sp³-hybridized carbons (Fsp3) is 0.654. The fourth-order valence-corrected chi connectivity index (χ4v) is 4.52. The highest BCUT2D eigenvalue weighted by Gasteiger charge is 2.42. The van der Waals surface area contributed by atoms with E-state index >= 15 is 0 Å². The van der Waals surface area contributed by atoms with Crippen LogP contribution < -0.4 is 10.6 Å². The zero-order valence-corrected chi connectivity index (χ0v) is 21.3. The first kappa shape index (κ1) is 26.7. The van der Waals surface area contributed by atoms with E-state index < -0.39 is 29.0 Å². The maximum Gasteiger partial charge on any atom is 0.325 e. The second kappa shape index (κ2) is 10.6. The summed E-state index contributed by atoms with van der Waals surface area (Å²) < 4.78 is 4.91. The van der Waals surface area contributed by atoms with Crippen LogP contribution in [0.2, 0.25) is 0 Å². The molecule has 2 N–H and O–H groups in total. The molecule has 1 fully saturated rings. The minimum Gasteiger partial charge on any atom is -0.468 e. The van der Waals surface area contributed by atoms with Crippen LogP contribution in [0.4, 0.5) is 4.79 Å². The quantitative estimate of drug-likeness (QED) is 0.603. The van der Waals surface area contributed by atoms with Gasteiger partial charge in [0, 0.05) is 17.5 Å². The van der Waals surface area contributed by atoms with Gasteiger partial charge in [0.2, 0.25) is 5.91 Å². The number of rotatable bonds is 7. The molecule has 3 amide bonds. The third-order valence-electron chi connectivity index (χ3n) is 6.18. The summed E-state index contributed by atoms with van der Waals surface area (Å²) in [6, 6.07) is 8.99. The lowest BCUT2D eigenvalue weighted by atomic mass is 9.77. The van der Waals surface area contributed by atoms with Crippen molar-refractivity contribution in [2.75, 3.05) is 20.2 Å². The van der Waals surface area contributed by atoms with Gasteiger partial charge < -0.3 is 20.3 Å². The number of esters is 1. The van der Waals surface area contributed by atoms with Gasteiger partial charge in [-0.1, -0.05) is 63.9 Å². The average molecular weight is 460 g/mol. The Morgan fingerprint density at radius 2 is 1.61 bits per heavy atom. The number of amides is 3. The summed E-state index contributed by atoms with van der Waals surface area (Å²) in [5.41, 5.74) is -0.0457. The Bertz CT molecular complexity index is 818. The minimum atomic E-state index is -0.807. The van der Waals surface area contributed by atoms with E-state index in [1.807, 2.05) is 59.7 Å². The minimum absolute atomic E-state index is 0.154. The molecule has 0 heterocycles. The molecular formula is C26H41N3O4. The van der Waals surface area contributed by atoms with Crippen LogP contribution in [-0.4, -0.2) is 54.6 Å². The fourth-order valence-electron chi connectivity index (χ4n) is 4.52. The summed E-state index contributed by atoms with van der Waals surface area (Å²) in [6.07, 6.45) is 4.04. The SMILES string of the molecule is COC(=O)CN(CC1(c2ccccc2)CCCC1)C(=O)[C@@H](NC(=O)NC(C)(C)C)C(C)(C)C. The second-order valence-corrected chi connectivity index (χ2v) is 11.3. The van der Waals surface area contributed by atoms with Crippen molar-refractivity contribution >= 4 is 17.9 Å². The first-order valence-corrected chi connectivity index (χ1v) is 11.8. The topological polar surface area (TPSA) is 87.7 Å². The molecule has 184 valence electrons. The standard InChI is InChI=1S/C26H41N3O4/c1-24(2,3)21(27-23(32)28-25(4,5)6)22(31)29(17-20(30)33-7)18-26(15-11-12-16-26)19-13-9-8-10-14-19/h8-10,13-14,21H,11-12,15-18H2,1-7H3,(H2,27,28,32)/t21-/m1/s1. The molecule has 1 saturated carbocycles. The molecule has 33 heavy (non-hydrogen) atoms. The van der Waals surface area contributed by atoms with Crippen LogP contribution in [0.25, 0.3) is 0 Å². The van der Waals surface area contributed by atoms with Crippen molar-refractivity contribution in [3.63, 3.8) is 0 Å². The Morgan fingerprint density at radius 1 is 1.03 bits per heavy atom. The molecule has 1 aliphatic rings. The van der Waals surface area contributed by atoms with Gasteiger partial charge in [-0.25, -0.2) is 4.79 Å². The van der Waals surface area contributed by atoms with Crippen LogP contribution in [0.15, 0.2) is 30.3 Å². The lowest BCUT2D eigenvalue weighted by molar-refractivity contribution is -0.149. The lowest BCUT2D eigenvalue weighted by Gasteiger charge is -2.40. The maximum atomic E-state index is 13.9. The highest BCUT2D eigenvalue weighted by molar-refractivity contribution is 5.90. The number of hydrogen-bond acceptors (Lipinski definition) is 4. The summed E-state index contributed by atoms with van der Waals surface area (Å²) in [7, 11) is 1.32. The molecule has 0 aromatic heterocycles. The smallest absolute Gasteiger partial charge is 0.325 e. The average Bonchev–Trinajstić information content (AvgIpc) is 3.19. The first-order valence-electron chi connectivity index (χ1n) is 11.8. The predicted octanol–water partition coefficient (Wildman–Crippen LogP) is 4.01. The number of methoxy groups -OCH3 is 1. The normalized spacial score (nSPS) is 16.6. The highest BCUT2D eigenvalue weighted by Crippen LogP contribution is 2.42. The van der Waals surface area contributed by atoms with E-state index in [9.17, 15) is 14.4 Å². The summed E-state index contributed by atoms with van der Waals surface area (Å²) >= 11 is 0. The van der Waals surface area contributed by atoms with E-state index in [1.165, 1.54) is 12.7 Å². The number of ether oxygens (including phenoxy) is 1. The van der Waals surface area contributed by atoms with Gasteiger partial charge in [0.05, 0.1) is 7.11 Å². The molecule has 0 radical (unpaired) electrons.